The molecule has 0 radical (unpaired) electrons. The third kappa shape index (κ3) is 6.38. The van der Waals surface area contributed by atoms with Gasteiger partial charge in [-0.2, -0.15) is 13.2 Å². The SMILES string of the molecule is C[C@H](CO)NC(=O)c1ccc(NS(=O)(=O)c2ccc(NC(=O)[C@@](C)(O)C(F)(F)F)c(Cl)c2)cc1. The molecular weight excluding hydrogens is 503 g/mol. The number of aliphatic hydroxyl groups is 2. The van der Waals surface area contributed by atoms with Gasteiger partial charge in [0.25, 0.3) is 21.8 Å². The fraction of sp³-hybridized carbons (Fsp3) is 0.300. The van der Waals surface area contributed by atoms with Crippen LogP contribution in [0.1, 0.15) is 24.2 Å². The summed E-state index contributed by atoms with van der Waals surface area (Å²) in [6.07, 6.45) is -5.25. The molecular formula is C20H21ClF3N3O6S. The van der Waals surface area contributed by atoms with Crippen LogP contribution in [0.25, 0.3) is 0 Å². The molecule has 14 heteroatoms. The van der Waals surface area contributed by atoms with E-state index in [2.05, 4.69) is 10.0 Å². The van der Waals surface area contributed by atoms with Gasteiger partial charge in [0, 0.05) is 17.3 Å². The van der Waals surface area contributed by atoms with E-state index in [4.69, 9.17) is 16.7 Å². The molecule has 0 aromatic heterocycles. The molecule has 0 aliphatic heterocycles. The lowest BCUT2D eigenvalue weighted by Gasteiger charge is -2.25. The second kappa shape index (κ2) is 10.2. The van der Waals surface area contributed by atoms with Gasteiger partial charge in [0.15, 0.2) is 0 Å². The molecule has 2 atom stereocenters. The van der Waals surface area contributed by atoms with Crippen LogP contribution in [0.15, 0.2) is 47.4 Å². The minimum Gasteiger partial charge on any atom is -0.394 e. The average Bonchev–Trinajstić information content (AvgIpc) is 2.74. The fourth-order valence-corrected chi connectivity index (χ4v) is 3.77. The number of aliphatic hydroxyl groups excluding tert-OH is 1. The molecule has 0 spiro atoms. The highest BCUT2D eigenvalue weighted by molar-refractivity contribution is 7.92. The lowest BCUT2D eigenvalue weighted by molar-refractivity contribution is -0.242. The molecule has 5 N–H and O–H groups in total. The van der Waals surface area contributed by atoms with E-state index < -0.39 is 39.7 Å². The molecule has 0 fully saturated rings. The Kier molecular flexibility index (Phi) is 8.19. The van der Waals surface area contributed by atoms with Crippen LogP contribution in [-0.2, 0) is 14.8 Å². The zero-order chi connectivity index (χ0) is 25.9. The van der Waals surface area contributed by atoms with Gasteiger partial charge in [-0.15, -0.1) is 0 Å². The third-order valence-electron chi connectivity index (χ3n) is 4.54. The Morgan fingerprint density at radius 2 is 1.71 bits per heavy atom. The molecule has 2 aromatic rings. The van der Waals surface area contributed by atoms with Crippen molar-refractivity contribution >= 4 is 44.8 Å². The summed E-state index contributed by atoms with van der Waals surface area (Å²) in [5, 5.41) is 22.3. The van der Waals surface area contributed by atoms with Gasteiger partial charge in [-0.05, 0) is 56.3 Å². The summed E-state index contributed by atoms with van der Waals surface area (Å²) >= 11 is 5.92. The molecule has 2 amide bonds. The molecule has 0 unspecified atom stereocenters. The molecule has 0 heterocycles. The Bertz CT molecular complexity index is 1170. The predicted molar refractivity (Wildman–Crippen MR) is 118 cm³/mol. The van der Waals surface area contributed by atoms with Gasteiger partial charge in [-0.1, -0.05) is 11.6 Å². The number of carbonyl (C=O) groups is 2. The largest absolute Gasteiger partial charge is 0.426 e. The van der Waals surface area contributed by atoms with Crippen molar-refractivity contribution in [3.05, 3.63) is 53.1 Å². The van der Waals surface area contributed by atoms with Crippen molar-refractivity contribution in [1.29, 1.82) is 0 Å². The molecule has 2 aromatic carbocycles. The number of anilines is 2. The average molecular weight is 524 g/mol. The van der Waals surface area contributed by atoms with Crippen LogP contribution >= 0.6 is 11.6 Å². The first kappa shape index (κ1) is 27.4. The smallest absolute Gasteiger partial charge is 0.394 e. The molecule has 0 saturated carbocycles. The molecule has 0 aliphatic carbocycles. The normalized spacial score (nSPS) is 14.6. The predicted octanol–water partition coefficient (Wildman–Crippen LogP) is 2.50. The van der Waals surface area contributed by atoms with Crippen molar-refractivity contribution < 1.29 is 41.4 Å². The van der Waals surface area contributed by atoms with Crippen LogP contribution in [0.2, 0.25) is 5.02 Å². The third-order valence-corrected chi connectivity index (χ3v) is 6.24. The van der Waals surface area contributed by atoms with E-state index in [9.17, 15) is 36.3 Å². The molecule has 0 saturated heterocycles. The van der Waals surface area contributed by atoms with Gasteiger partial charge in [0.1, 0.15) is 0 Å². The summed E-state index contributed by atoms with van der Waals surface area (Å²) in [7, 11) is -4.20. The van der Waals surface area contributed by atoms with E-state index in [0.717, 1.165) is 18.2 Å². The lowest BCUT2D eigenvalue weighted by atomic mass is 10.1. The first-order valence-corrected chi connectivity index (χ1v) is 11.4. The number of nitrogens with one attached hydrogen (secondary N) is 3. The summed E-state index contributed by atoms with van der Waals surface area (Å²) in [4.78, 5) is 23.4. The van der Waals surface area contributed by atoms with E-state index in [1.54, 1.807) is 6.92 Å². The molecule has 34 heavy (non-hydrogen) atoms. The summed E-state index contributed by atoms with van der Waals surface area (Å²) in [6, 6.07) is 7.76. The number of hydrogen-bond donors (Lipinski definition) is 5. The summed E-state index contributed by atoms with van der Waals surface area (Å²) in [5.74, 6) is -2.27. The second-order valence-electron chi connectivity index (χ2n) is 7.41. The van der Waals surface area contributed by atoms with Crippen LogP contribution in [0, 0.1) is 0 Å². The molecule has 186 valence electrons. The standard InChI is InChI=1S/C20H21ClF3N3O6S/c1-11(10-28)25-17(29)12-3-5-13(6-4-12)27-34(32,33)14-7-8-16(15(21)9-14)26-18(30)19(2,31)20(22,23)24/h3-9,11,27-28,31H,10H2,1-2H3,(H,25,29)(H,26,30)/t11-,19-/m1/s1. The fourth-order valence-electron chi connectivity index (χ4n) is 2.39. The zero-order valence-corrected chi connectivity index (χ0v) is 19.3. The summed E-state index contributed by atoms with van der Waals surface area (Å²) in [5.41, 5.74) is -3.72. The maximum Gasteiger partial charge on any atom is 0.426 e. The molecule has 2 rings (SSSR count). The number of amides is 2. The zero-order valence-electron chi connectivity index (χ0n) is 17.8. The van der Waals surface area contributed by atoms with Crippen LogP contribution in [0.3, 0.4) is 0 Å². The monoisotopic (exact) mass is 523 g/mol. The highest BCUT2D eigenvalue weighted by atomic mass is 35.5. The quantitative estimate of drug-likeness (QED) is 0.359. The van der Waals surface area contributed by atoms with Crippen LogP contribution in [-0.4, -0.2) is 54.9 Å². The van der Waals surface area contributed by atoms with E-state index in [0.29, 0.717) is 0 Å². The number of rotatable bonds is 8. The van der Waals surface area contributed by atoms with Crippen molar-refractivity contribution in [3.8, 4) is 0 Å². The number of halogens is 4. The van der Waals surface area contributed by atoms with Gasteiger partial charge in [0.05, 0.1) is 22.2 Å². The maximum atomic E-state index is 12.8. The van der Waals surface area contributed by atoms with Gasteiger partial charge in [-0.25, -0.2) is 8.42 Å². The van der Waals surface area contributed by atoms with Crippen LogP contribution in [0.4, 0.5) is 24.5 Å². The topological polar surface area (TPSA) is 145 Å². The number of alkyl halides is 3. The Labute approximate surface area is 198 Å². The van der Waals surface area contributed by atoms with Crippen molar-refractivity contribution in [2.75, 3.05) is 16.6 Å². The Hall–Kier alpha value is -2.87. The number of hydrogen-bond acceptors (Lipinski definition) is 6. The van der Waals surface area contributed by atoms with E-state index in [1.807, 2.05) is 5.32 Å². The maximum absolute atomic E-state index is 12.8. The summed E-state index contributed by atoms with van der Waals surface area (Å²) < 4.78 is 65.9. The van der Waals surface area contributed by atoms with Gasteiger partial charge >= 0.3 is 6.18 Å². The highest BCUT2D eigenvalue weighted by Crippen LogP contribution is 2.33. The van der Waals surface area contributed by atoms with Gasteiger partial charge in [0.2, 0.25) is 5.60 Å². The van der Waals surface area contributed by atoms with Gasteiger partial charge in [-0.3, -0.25) is 14.3 Å². The van der Waals surface area contributed by atoms with Crippen molar-refractivity contribution in [2.45, 2.75) is 36.6 Å². The van der Waals surface area contributed by atoms with E-state index in [-0.39, 0.29) is 40.4 Å². The minimum atomic E-state index is -5.25. The van der Waals surface area contributed by atoms with Crippen molar-refractivity contribution in [1.82, 2.24) is 5.32 Å². The van der Waals surface area contributed by atoms with Crippen LogP contribution < -0.4 is 15.4 Å². The van der Waals surface area contributed by atoms with E-state index in [1.165, 1.54) is 24.3 Å². The highest BCUT2D eigenvalue weighted by Gasteiger charge is 2.55. The van der Waals surface area contributed by atoms with Crippen molar-refractivity contribution in [3.63, 3.8) is 0 Å². The number of carbonyl (C=O) groups excluding carboxylic acids is 2. The number of sulfonamides is 1. The summed E-state index contributed by atoms with van der Waals surface area (Å²) in [6.45, 7) is 1.61. The Morgan fingerprint density at radius 3 is 2.21 bits per heavy atom. The lowest BCUT2D eigenvalue weighted by Crippen LogP contribution is -2.52. The Morgan fingerprint density at radius 1 is 1.12 bits per heavy atom. The van der Waals surface area contributed by atoms with Crippen LogP contribution in [0.5, 0.6) is 0 Å². The van der Waals surface area contributed by atoms with Gasteiger partial charge < -0.3 is 20.8 Å². The molecule has 0 aliphatic rings. The number of benzene rings is 2. The first-order chi connectivity index (χ1) is 15.6. The first-order valence-electron chi connectivity index (χ1n) is 9.53. The van der Waals surface area contributed by atoms with E-state index >= 15 is 0 Å². The van der Waals surface area contributed by atoms with Crippen molar-refractivity contribution in [2.24, 2.45) is 0 Å². The molecule has 0 bridgehead atoms. The molecule has 9 nitrogen and oxygen atoms in total. The second-order valence-corrected chi connectivity index (χ2v) is 9.50. The Balaban J connectivity index is 2.16. The minimum absolute atomic E-state index is 0.0986.